The minimum Gasteiger partial charge on any atom is -0.383 e. The van der Waals surface area contributed by atoms with Crippen LogP contribution in [0.3, 0.4) is 0 Å². The summed E-state index contributed by atoms with van der Waals surface area (Å²) in [7, 11) is 1.71. The first kappa shape index (κ1) is 17.9. The van der Waals surface area contributed by atoms with E-state index < -0.39 is 0 Å². The molecule has 132 valence electrons. The van der Waals surface area contributed by atoms with Gasteiger partial charge in [0.1, 0.15) is 10.6 Å². The van der Waals surface area contributed by atoms with Gasteiger partial charge in [-0.15, -0.1) is 11.3 Å². The number of anilines is 1. The van der Waals surface area contributed by atoms with E-state index in [2.05, 4.69) is 33.0 Å². The first-order valence-corrected chi connectivity index (χ1v) is 9.95. The zero-order valence-electron chi connectivity index (χ0n) is 14.9. The fraction of sp³-hybridized carbons (Fsp3) is 0.647. The second-order valence-electron chi connectivity index (χ2n) is 6.85. The molecule has 1 aliphatic rings. The smallest absolute Gasteiger partial charge is 0.191 e. The SMILES string of the molecule is COCCNc1nc(SC(C)C)nc2sc3c(c12)CC(C)(C)OC3. The van der Waals surface area contributed by atoms with Crippen molar-refractivity contribution in [1.82, 2.24) is 9.97 Å². The van der Waals surface area contributed by atoms with Crippen molar-refractivity contribution in [1.29, 1.82) is 0 Å². The molecule has 3 rings (SSSR count). The van der Waals surface area contributed by atoms with Gasteiger partial charge in [0.05, 0.1) is 24.2 Å². The highest BCUT2D eigenvalue weighted by Gasteiger charge is 2.31. The Hall–Kier alpha value is -0.890. The Morgan fingerprint density at radius 2 is 2.17 bits per heavy atom. The van der Waals surface area contributed by atoms with Crippen molar-refractivity contribution < 1.29 is 9.47 Å². The zero-order chi connectivity index (χ0) is 17.3. The number of hydrogen-bond acceptors (Lipinski definition) is 7. The lowest BCUT2D eigenvalue weighted by Crippen LogP contribution is -2.31. The van der Waals surface area contributed by atoms with Crippen LogP contribution < -0.4 is 5.32 Å². The van der Waals surface area contributed by atoms with Gasteiger partial charge < -0.3 is 14.8 Å². The first-order valence-electron chi connectivity index (χ1n) is 8.25. The number of ether oxygens (including phenoxy) is 2. The van der Waals surface area contributed by atoms with E-state index in [1.54, 1.807) is 30.2 Å². The fourth-order valence-corrected chi connectivity index (χ4v) is 4.66. The van der Waals surface area contributed by atoms with Gasteiger partial charge in [0.2, 0.25) is 0 Å². The Morgan fingerprint density at radius 3 is 2.88 bits per heavy atom. The number of aromatic nitrogens is 2. The van der Waals surface area contributed by atoms with Gasteiger partial charge in [-0.2, -0.15) is 0 Å². The van der Waals surface area contributed by atoms with Crippen LogP contribution >= 0.6 is 23.1 Å². The number of nitrogens with zero attached hydrogens (tertiary/aromatic N) is 2. The summed E-state index contributed by atoms with van der Waals surface area (Å²) < 4.78 is 11.1. The number of rotatable bonds is 6. The lowest BCUT2D eigenvalue weighted by molar-refractivity contribution is -0.0379. The third-order valence-corrected chi connectivity index (χ3v) is 5.81. The Morgan fingerprint density at radius 1 is 1.38 bits per heavy atom. The van der Waals surface area contributed by atoms with Crippen molar-refractivity contribution >= 4 is 39.1 Å². The van der Waals surface area contributed by atoms with Gasteiger partial charge in [0.15, 0.2) is 5.16 Å². The lowest BCUT2D eigenvalue weighted by atomic mass is 9.94. The van der Waals surface area contributed by atoms with E-state index in [-0.39, 0.29) is 5.60 Å². The van der Waals surface area contributed by atoms with Gasteiger partial charge in [-0.3, -0.25) is 0 Å². The second-order valence-corrected chi connectivity index (χ2v) is 9.48. The van der Waals surface area contributed by atoms with Gasteiger partial charge in [-0.05, 0) is 19.4 Å². The summed E-state index contributed by atoms with van der Waals surface area (Å²) in [6.45, 7) is 10.6. The van der Waals surface area contributed by atoms with Crippen molar-refractivity contribution in [2.24, 2.45) is 0 Å². The molecule has 0 unspecified atom stereocenters. The molecular weight excluding hydrogens is 342 g/mol. The quantitative estimate of drug-likeness (QED) is 0.471. The molecule has 0 saturated heterocycles. The molecule has 2 aromatic heterocycles. The molecule has 0 fully saturated rings. The number of hydrogen-bond donors (Lipinski definition) is 1. The topological polar surface area (TPSA) is 56.3 Å². The molecule has 0 spiro atoms. The van der Waals surface area contributed by atoms with Gasteiger partial charge in [0, 0.05) is 30.2 Å². The summed E-state index contributed by atoms with van der Waals surface area (Å²) in [4.78, 5) is 11.9. The summed E-state index contributed by atoms with van der Waals surface area (Å²) >= 11 is 3.43. The highest BCUT2D eigenvalue weighted by atomic mass is 32.2. The van der Waals surface area contributed by atoms with Crippen LogP contribution in [-0.4, -0.2) is 41.1 Å². The fourth-order valence-electron chi connectivity index (χ4n) is 2.79. The third kappa shape index (κ3) is 3.85. The molecule has 1 aliphatic heterocycles. The van der Waals surface area contributed by atoms with Gasteiger partial charge in [-0.1, -0.05) is 25.6 Å². The molecule has 0 saturated carbocycles. The zero-order valence-corrected chi connectivity index (χ0v) is 16.6. The van der Waals surface area contributed by atoms with Gasteiger partial charge in [-0.25, -0.2) is 9.97 Å². The number of methoxy groups -OCH3 is 1. The normalized spacial score (nSPS) is 16.6. The van der Waals surface area contributed by atoms with Crippen LogP contribution in [0.4, 0.5) is 5.82 Å². The third-order valence-electron chi connectivity index (χ3n) is 3.85. The standard InChI is InChI=1S/C17H25N3O2S2/c1-10(2)23-16-19-14(18-6-7-21-5)13-11-8-17(3,4)22-9-12(11)24-15(13)20-16/h10H,6-9H2,1-5H3,(H,18,19,20). The van der Waals surface area contributed by atoms with Crippen molar-refractivity contribution in [3.8, 4) is 0 Å². The Kier molecular flexibility index (Phi) is 5.34. The number of nitrogens with one attached hydrogen (secondary N) is 1. The lowest BCUT2D eigenvalue weighted by Gasteiger charge is -2.30. The monoisotopic (exact) mass is 367 g/mol. The number of thioether (sulfide) groups is 1. The summed E-state index contributed by atoms with van der Waals surface area (Å²) in [5.41, 5.74) is 1.20. The molecule has 0 aliphatic carbocycles. The number of fused-ring (bicyclic) bond motifs is 3. The largest absolute Gasteiger partial charge is 0.383 e. The minimum atomic E-state index is -0.143. The molecule has 2 aromatic rings. The van der Waals surface area contributed by atoms with E-state index in [4.69, 9.17) is 19.4 Å². The van der Waals surface area contributed by atoms with Crippen molar-refractivity contribution in [3.05, 3.63) is 10.4 Å². The predicted octanol–water partition coefficient (Wildman–Crippen LogP) is 4.10. The van der Waals surface area contributed by atoms with Crippen molar-refractivity contribution in [2.45, 2.75) is 56.7 Å². The molecule has 0 radical (unpaired) electrons. The Labute approximate surface area is 151 Å². The maximum atomic E-state index is 5.97. The molecule has 0 bridgehead atoms. The Bertz CT molecular complexity index is 728. The van der Waals surface area contributed by atoms with Crippen LogP contribution in [0.2, 0.25) is 0 Å². The summed E-state index contributed by atoms with van der Waals surface area (Å²) in [6.07, 6.45) is 0.890. The maximum absolute atomic E-state index is 5.97. The highest BCUT2D eigenvalue weighted by molar-refractivity contribution is 7.99. The van der Waals surface area contributed by atoms with Gasteiger partial charge in [0.25, 0.3) is 0 Å². The van der Waals surface area contributed by atoms with E-state index in [1.807, 2.05) is 0 Å². The molecule has 3 heterocycles. The van der Waals surface area contributed by atoms with Crippen LogP contribution in [-0.2, 0) is 22.5 Å². The first-order chi connectivity index (χ1) is 11.4. The molecular formula is C17H25N3O2S2. The van der Waals surface area contributed by atoms with Crippen LogP contribution in [0, 0.1) is 0 Å². The van der Waals surface area contributed by atoms with E-state index in [9.17, 15) is 0 Å². The average Bonchev–Trinajstić information content (AvgIpc) is 2.83. The molecule has 5 nitrogen and oxygen atoms in total. The summed E-state index contributed by atoms with van der Waals surface area (Å²) in [6, 6.07) is 0. The van der Waals surface area contributed by atoms with Crippen LogP contribution in [0.25, 0.3) is 10.2 Å². The van der Waals surface area contributed by atoms with E-state index in [1.165, 1.54) is 10.4 Å². The van der Waals surface area contributed by atoms with E-state index in [0.717, 1.165) is 34.2 Å². The van der Waals surface area contributed by atoms with Crippen molar-refractivity contribution in [3.63, 3.8) is 0 Å². The minimum absolute atomic E-state index is 0.143. The second kappa shape index (κ2) is 7.15. The average molecular weight is 368 g/mol. The van der Waals surface area contributed by atoms with E-state index in [0.29, 0.717) is 18.5 Å². The van der Waals surface area contributed by atoms with Crippen LogP contribution in [0.1, 0.15) is 38.1 Å². The Balaban J connectivity index is 2.06. The van der Waals surface area contributed by atoms with Gasteiger partial charge >= 0.3 is 0 Å². The van der Waals surface area contributed by atoms with Crippen LogP contribution in [0.15, 0.2) is 5.16 Å². The summed E-state index contributed by atoms with van der Waals surface area (Å²) in [5.74, 6) is 0.926. The van der Waals surface area contributed by atoms with E-state index >= 15 is 0 Å². The van der Waals surface area contributed by atoms with Crippen LogP contribution in [0.5, 0.6) is 0 Å². The molecule has 1 N–H and O–H groups in total. The summed E-state index contributed by atoms with van der Waals surface area (Å²) in [5, 5.41) is 5.88. The number of thiophene rings is 1. The molecule has 24 heavy (non-hydrogen) atoms. The maximum Gasteiger partial charge on any atom is 0.191 e. The molecule has 7 heteroatoms. The van der Waals surface area contributed by atoms with Crippen molar-refractivity contribution in [2.75, 3.05) is 25.6 Å². The highest BCUT2D eigenvalue weighted by Crippen LogP contribution is 2.41. The molecule has 0 amide bonds. The predicted molar refractivity (Wildman–Crippen MR) is 101 cm³/mol. The molecule has 0 aromatic carbocycles. The molecule has 0 atom stereocenters.